The summed E-state index contributed by atoms with van der Waals surface area (Å²) >= 11 is 0. The second kappa shape index (κ2) is 8.95. The molecule has 1 N–H and O–H groups in total. The molecule has 0 aliphatic heterocycles. The number of anilines is 1. The van der Waals surface area contributed by atoms with Crippen LogP contribution in [0.3, 0.4) is 0 Å². The number of aryl methyl sites for hydroxylation is 2. The summed E-state index contributed by atoms with van der Waals surface area (Å²) < 4.78 is 36.4. The first kappa shape index (κ1) is 22.0. The second-order valence-electron chi connectivity index (χ2n) is 7.48. The average Bonchev–Trinajstić information content (AvgIpc) is 3.18. The van der Waals surface area contributed by atoms with Crippen molar-refractivity contribution in [2.75, 3.05) is 31.3 Å². The van der Waals surface area contributed by atoms with Crippen LogP contribution in [0.15, 0.2) is 36.4 Å². The third-order valence-electron chi connectivity index (χ3n) is 5.34. The van der Waals surface area contributed by atoms with E-state index in [0.29, 0.717) is 11.5 Å². The molecule has 0 fully saturated rings. The van der Waals surface area contributed by atoms with E-state index in [1.54, 1.807) is 18.2 Å². The van der Waals surface area contributed by atoms with Gasteiger partial charge in [0.25, 0.3) is 0 Å². The van der Waals surface area contributed by atoms with E-state index in [0.717, 1.165) is 35.4 Å². The van der Waals surface area contributed by atoms with Gasteiger partial charge in [-0.15, -0.1) is 0 Å². The number of sulfonamides is 1. The van der Waals surface area contributed by atoms with Gasteiger partial charge in [-0.25, -0.2) is 8.42 Å². The van der Waals surface area contributed by atoms with Crippen molar-refractivity contribution in [1.29, 1.82) is 0 Å². The van der Waals surface area contributed by atoms with Crippen molar-refractivity contribution in [3.8, 4) is 11.5 Å². The van der Waals surface area contributed by atoms with E-state index < -0.39 is 15.9 Å². The molecule has 1 aliphatic rings. The van der Waals surface area contributed by atoms with E-state index in [9.17, 15) is 13.2 Å². The Bertz CT molecular complexity index is 1040. The van der Waals surface area contributed by atoms with Crippen molar-refractivity contribution in [2.24, 2.45) is 0 Å². The topological polar surface area (TPSA) is 84.9 Å². The van der Waals surface area contributed by atoms with Crippen LogP contribution in [0.5, 0.6) is 11.5 Å². The van der Waals surface area contributed by atoms with Crippen LogP contribution >= 0.6 is 0 Å². The lowest BCUT2D eigenvalue weighted by Gasteiger charge is -2.25. The number of nitrogens with one attached hydrogen (secondary N) is 1. The Hall–Kier alpha value is -2.74. The van der Waals surface area contributed by atoms with E-state index in [1.165, 1.54) is 25.3 Å². The molecule has 2 aromatic rings. The Morgan fingerprint density at radius 1 is 1.10 bits per heavy atom. The van der Waals surface area contributed by atoms with Gasteiger partial charge >= 0.3 is 0 Å². The fourth-order valence-corrected chi connectivity index (χ4v) is 4.59. The van der Waals surface area contributed by atoms with Gasteiger partial charge in [-0.3, -0.25) is 9.10 Å². The number of benzene rings is 2. The Morgan fingerprint density at radius 3 is 2.50 bits per heavy atom. The highest BCUT2D eigenvalue weighted by Gasteiger charge is 2.25. The maximum atomic E-state index is 12.7. The van der Waals surface area contributed by atoms with Gasteiger partial charge in [-0.05, 0) is 55.0 Å². The molecule has 30 heavy (non-hydrogen) atoms. The smallest absolute Gasteiger partial charge is 0.241 e. The normalized spacial score (nSPS) is 14.0. The standard InChI is InChI=1S/C22H28N2O5S/c1-15(17-9-8-16-6-5-7-18(16)12-17)23-22(25)14-24(30(4,26)27)20-11-10-19(28-2)13-21(20)29-3/h8-13,15H,5-7,14H2,1-4H3,(H,23,25)/t15-/m0/s1. The minimum Gasteiger partial charge on any atom is -0.497 e. The van der Waals surface area contributed by atoms with Crippen molar-refractivity contribution in [1.82, 2.24) is 5.32 Å². The summed E-state index contributed by atoms with van der Waals surface area (Å²) in [6.45, 7) is 1.55. The molecule has 8 heteroatoms. The minimum atomic E-state index is -3.72. The molecule has 1 aliphatic carbocycles. The highest BCUT2D eigenvalue weighted by molar-refractivity contribution is 7.92. The predicted octanol–water partition coefficient (Wildman–Crippen LogP) is 2.84. The van der Waals surface area contributed by atoms with E-state index in [2.05, 4.69) is 17.4 Å². The Balaban J connectivity index is 1.78. The Kier molecular flexibility index (Phi) is 6.55. The van der Waals surface area contributed by atoms with Crippen LogP contribution in [-0.2, 0) is 27.7 Å². The van der Waals surface area contributed by atoms with Crippen molar-refractivity contribution >= 4 is 21.6 Å². The zero-order chi connectivity index (χ0) is 21.9. The fourth-order valence-electron chi connectivity index (χ4n) is 3.73. The number of fused-ring (bicyclic) bond motifs is 1. The summed E-state index contributed by atoms with van der Waals surface area (Å²) in [7, 11) is -0.772. The van der Waals surface area contributed by atoms with Gasteiger partial charge in [0.15, 0.2) is 0 Å². The predicted molar refractivity (Wildman–Crippen MR) is 117 cm³/mol. The number of hydrogen-bond acceptors (Lipinski definition) is 5. The third kappa shape index (κ3) is 4.87. The molecule has 0 saturated carbocycles. The van der Waals surface area contributed by atoms with Gasteiger partial charge in [0, 0.05) is 6.07 Å². The summed E-state index contributed by atoms with van der Waals surface area (Å²) in [5, 5.41) is 2.91. The third-order valence-corrected chi connectivity index (χ3v) is 6.47. The number of nitrogens with zero attached hydrogens (tertiary/aromatic N) is 1. The number of rotatable bonds is 8. The summed E-state index contributed by atoms with van der Waals surface area (Å²) in [5.74, 6) is 0.435. The highest BCUT2D eigenvalue weighted by atomic mass is 32.2. The number of ether oxygens (including phenoxy) is 2. The molecule has 0 bridgehead atoms. The van der Waals surface area contributed by atoms with E-state index in [1.807, 2.05) is 13.0 Å². The molecule has 0 aromatic heterocycles. The first-order chi connectivity index (χ1) is 14.2. The zero-order valence-corrected chi connectivity index (χ0v) is 18.6. The van der Waals surface area contributed by atoms with E-state index in [4.69, 9.17) is 9.47 Å². The molecule has 0 spiro atoms. The molecule has 3 rings (SSSR count). The number of carbonyl (C=O) groups is 1. The SMILES string of the molecule is COc1ccc(N(CC(=O)N[C@@H](C)c2ccc3c(c2)CCC3)S(C)(=O)=O)c(OC)c1. The molecule has 0 unspecified atom stereocenters. The zero-order valence-electron chi connectivity index (χ0n) is 17.8. The second-order valence-corrected chi connectivity index (χ2v) is 9.39. The molecule has 1 amide bonds. The molecule has 0 heterocycles. The minimum absolute atomic E-state index is 0.234. The Morgan fingerprint density at radius 2 is 1.83 bits per heavy atom. The summed E-state index contributed by atoms with van der Waals surface area (Å²) in [4.78, 5) is 12.7. The molecule has 7 nitrogen and oxygen atoms in total. The van der Waals surface area contributed by atoms with Crippen LogP contribution in [0, 0.1) is 0 Å². The van der Waals surface area contributed by atoms with Crippen molar-refractivity contribution in [3.63, 3.8) is 0 Å². The molecular weight excluding hydrogens is 404 g/mol. The van der Waals surface area contributed by atoms with E-state index in [-0.39, 0.29) is 18.3 Å². The van der Waals surface area contributed by atoms with Gasteiger partial charge in [-0.1, -0.05) is 18.2 Å². The monoisotopic (exact) mass is 432 g/mol. The van der Waals surface area contributed by atoms with Gasteiger partial charge in [0.05, 0.1) is 32.2 Å². The average molecular weight is 433 g/mol. The first-order valence-corrected chi connectivity index (χ1v) is 11.7. The van der Waals surface area contributed by atoms with Crippen molar-refractivity contribution < 1.29 is 22.7 Å². The van der Waals surface area contributed by atoms with E-state index >= 15 is 0 Å². The fraction of sp³-hybridized carbons (Fsp3) is 0.409. The molecule has 0 radical (unpaired) electrons. The molecule has 1 atom stereocenters. The van der Waals surface area contributed by atoms with Crippen molar-refractivity contribution in [3.05, 3.63) is 53.1 Å². The number of amides is 1. The van der Waals surface area contributed by atoms with Crippen LogP contribution < -0.4 is 19.1 Å². The van der Waals surface area contributed by atoms with Gasteiger partial charge in [0.1, 0.15) is 18.0 Å². The Labute approximate surface area is 178 Å². The largest absolute Gasteiger partial charge is 0.497 e. The van der Waals surface area contributed by atoms with Gasteiger partial charge in [0.2, 0.25) is 15.9 Å². The van der Waals surface area contributed by atoms with Gasteiger partial charge in [-0.2, -0.15) is 0 Å². The lowest BCUT2D eigenvalue weighted by atomic mass is 10.0. The van der Waals surface area contributed by atoms with Crippen LogP contribution in [0.25, 0.3) is 0 Å². The van der Waals surface area contributed by atoms with Crippen molar-refractivity contribution in [2.45, 2.75) is 32.2 Å². The highest BCUT2D eigenvalue weighted by Crippen LogP contribution is 2.33. The maximum absolute atomic E-state index is 12.7. The summed E-state index contributed by atoms with van der Waals surface area (Å²) in [5.41, 5.74) is 3.99. The summed E-state index contributed by atoms with van der Waals surface area (Å²) in [6, 6.07) is 10.8. The van der Waals surface area contributed by atoms with Gasteiger partial charge < -0.3 is 14.8 Å². The lowest BCUT2D eigenvalue weighted by molar-refractivity contribution is -0.120. The number of carbonyl (C=O) groups excluding carboxylic acids is 1. The number of hydrogen-bond donors (Lipinski definition) is 1. The summed E-state index contributed by atoms with van der Waals surface area (Å²) in [6.07, 6.45) is 4.38. The molecule has 0 saturated heterocycles. The first-order valence-electron chi connectivity index (χ1n) is 9.83. The van der Waals surface area contributed by atoms with Crippen LogP contribution in [0.2, 0.25) is 0 Å². The quantitative estimate of drug-likeness (QED) is 0.693. The molecule has 2 aromatic carbocycles. The molecular formula is C22H28N2O5S. The van der Waals surface area contributed by atoms with Crippen LogP contribution in [0.1, 0.15) is 36.1 Å². The lowest BCUT2D eigenvalue weighted by Crippen LogP contribution is -2.41. The number of methoxy groups -OCH3 is 2. The van der Waals surface area contributed by atoms with Crippen LogP contribution in [-0.4, -0.2) is 41.3 Å². The maximum Gasteiger partial charge on any atom is 0.241 e. The van der Waals surface area contributed by atoms with Crippen LogP contribution in [0.4, 0.5) is 5.69 Å². The molecule has 162 valence electrons.